The first-order valence-corrected chi connectivity index (χ1v) is 7.32. The van der Waals surface area contributed by atoms with Crippen LogP contribution < -0.4 is 0 Å². The summed E-state index contributed by atoms with van der Waals surface area (Å²) in [5.41, 5.74) is 1.53. The van der Waals surface area contributed by atoms with E-state index in [1.54, 1.807) is 42.1 Å². The lowest BCUT2D eigenvalue weighted by Gasteiger charge is -2.00. The number of hydrogen-bond acceptors (Lipinski definition) is 3. The number of carbonyl (C=O) groups is 1. The molecule has 2 aromatic rings. The molecule has 0 N–H and O–H groups in total. The van der Waals surface area contributed by atoms with Crippen molar-refractivity contribution < 1.29 is 4.79 Å². The Balaban J connectivity index is 2.30. The second-order valence-electron chi connectivity index (χ2n) is 4.14. The summed E-state index contributed by atoms with van der Waals surface area (Å²) in [6, 6.07) is 18.6. The van der Waals surface area contributed by atoms with Gasteiger partial charge < -0.3 is 0 Å². The van der Waals surface area contributed by atoms with Gasteiger partial charge in [0.2, 0.25) is 5.78 Å². The third kappa shape index (κ3) is 3.37. The Morgan fingerprint density at radius 1 is 1.10 bits per heavy atom. The zero-order valence-corrected chi connectivity index (χ0v) is 11.9. The molecule has 3 heteroatoms. The molecule has 2 nitrogen and oxygen atoms in total. The number of hydrogen-bond donors (Lipinski definition) is 0. The number of nitrogens with zero attached hydrogens (tertiary/aromatic N) is 1. The minimum absolute atomic E-state index is 0.146. The lowest BCUT2D eigenvalue weighted by Crippen LogP contribution is -2.01. The summed E-state index contributed by atoms with van der Waals surface area (Å²) in [5.74, 6) is -0.248. The van der Waals surface area contributed by atoms with Crippen LogP contribution in [0.4, 0.5) is 0 Å². The molecular formula is C17H13NOS. The molecule has 0 atom stereocenters. The molecule has 0 aliphatic rings. The second-order valence-corrected chi connectivity index (χ2v) is 5.02. The molecule has 0 amide bonds. The zero-order chi connectivity index (χ0) is 14.4. The molecular weight excluding hydrogens is 266 g/mol. The van der Waals surface area contributed by atoms with Gasteiger partial charge in [-0.25, -0.2) is 0 Å². The number of allylic oxidation sites excluding steroid dienone is 1. The van der Waals surface area contributed by atoms with Gasteiger partial charge in [0.25, 0.3) is 0 Å². The summed E-state index contributed by atoms with van der Waals surface area (Å²) in [6.45, 7) is 0. The van der Waals surface area contributed by atoms with Crippen molar-refractivity contribution >= 4 is 23.6 Å². The van der Waals surface area contributed by atoms with Crippen LogP contribution in [0.5, 0.6) is 0 Å². The number of carbonyl (C=O) groups excluding carboxylic acids is 1. The van der Waals surface area contributed by atoms with Gasteiger partial charge in [0.15, 0.2) is 0 Å². The van der Waals surface area contributed by atoms with E-state index < -0.39 is 0 Å². The Kier molecular flexibility index (Phi) is 4.75. The average Bonchev–Trinajstić information content (AvgIpc) is 2.53. The summed E-state index contributed by atoms with van der Waals surface area (Å²) in [5, 5.41) is 9.18. The van der Waals surface area contributed by atoms with Gasteiger partial charge in [-0.05, 0) is 30.0 Å². The van der Waals surface area contributed by atoms with E-state index in [4.69, 9.17) is 0 Å². The third-order valence-electron chi connectivity index (χ3n) is 2.83. The maximum atomic E-state index is 12.2. The summed E-state index contributed by atoms with van der Waals surface area (Å²) >= 11 is 1.65. The predicted molar refractivity (Wildman–Crippen MR) is 82.6 cm³/mol. The maximum absolute atomic E-state index is 12.2. The highest BCUT2D eigenvalue weighted by Crippen LogP contribution is 2.17. The molecule has 0 saturated carbocycles. The fraction of sp³-hybridized carbons (Fsp3) is 0.0588. The molecule has 0 aliphatic carbocycles. The molecule has 0 saturated heterocycles. The van der Waals surface area contributed by atoms with E-state index in [2.05, 4.69) is 0 Å². The molecule has 2 aromatic carbocycles. The number of Topliss-reactive ketones (excluding diaryl/α,β-unsaturated/α-hetero) is 1. The summed E-state index contributed by atoms with van der Waals surface area (Å²) in [7, 11) is 0. The molecule has 2 rings (SSSR count). The number of benzene rings is 2. The summed E-state index contributed by atoms with van der Waals surface area (Å²) in [6.07, 6.45) is 3.63. The normalized spacial score (nSPS) is 10.9. The molecule has 0 radical (unpaired) electrons. The van der Waals surface area contributed by atoms with E-state index >= 15 is 0 Å². The number of ketones is 1. The largest absolute Gasteiger partial charge is 0.288 e. The number of rotatable bonds is 4. The standard InChI is InChI=1S/C17H13NOS/c1-20-16-9-7-13(8-10-16)11-15(12-18)17(19)14-5-3-2-4-6-14/h2-11H,1H3/b15-11+. The Morgan fingerprint density at radius 3 is 2.30 bits per heavy atom. The maximum Gasteiger partial charge on any atom is 0.203 e. The molecule has 20 heavy (non-hydrogen) atoms. The predicted octanol–water partition coefficient (Wildman–Crippen LogP) is 4.20. The second kappa shape index (κ2) is 6.74. The lowest BCUT2D eigenvalue weighted by atomic mass is 10.0. The topological polar surface area (TPSA) is 40.9 Å². The molecule has 0 unspecified atom stereocenters. The highest BCUT2D eigenvalue weighted by atomic mass is 32.2. The Bertz CT molecular complexity index is 666. The van der Waals surface area contributed by atoms with Crippen LogP contribution in [0.3, 0.4) is 0 Å². The van der Waals surface area contributed by atoms with Crippen molar-refractivity contribution in [2.24, 2.45) is 0 Å². The molecule has 0 aliphatic heterocycles. The fourth-order valence-corrected chi connectivity index (χ4v) is 2.17. The van der Waals surface area contributed by atoms with Gasteiger partial charge in [-0.2, -0.15) is 5.26 Å². The van der Waals surface area contributed by atoms with Gasteiger partial charge in [-0.15, -0.1) is 11.8 Å². The van der Waals surface area contributed by atoms with E-state index in [0.717, 1.165) is 10.5 Å². The van der Waals surface area contributed by atoms with Crippen molar-refractivity contribution in [2.45, 2.75) is 4.90 Å². The van der Waals surface area contributed by atoms with E-state index in [1.165, 1.54) is 0 Å². The highest BCUT2D eigenvalue weighted by Gasteiger charge is 2.11. The minimum atomic E-state index is -0.248. The van der Waals surface area contributed by atoms with Crippen LogP contribution in [0, 0.1) is 11.3 Å². The summed E-state index contributed by atoms with van der Waals surface area (Å²) in [4.78, 5) is 13.4. The fourth-order valence-electron chi connectivity index (χ4n) is 1.76. The molecule has 0 heterocycles. The van der Waals surface area contributed by atoms with Crippen LogP contribution in [0.2, 0.25) is 0 Å². The Morgan fingerprint density at radius 2 is 1.75 bits per heavy atom. The number of thioether (sulfide) groups is 1. The zero-order valence-electron chi connectivity index (χ0n) is 11.0. The monoisotopic (exact) mass is 279 g/mol. The molecule has 0 spiro atoms. The van der Waals surface area contributed by atoms with Gasteiger partial charge in [0.05, 0.1) is 0 Å². The average molecular weight is 279 g/mol. The quantitative estimate of drug-likeness (QED) is 0.364. The van der Waals surface area contributed by atoms with Crippen molar-refractivity contribution in [1.29, 1.82) is 5.26 Å². The van der Waals surface area contributed by atoms with Crippen molar-refractivity contribution in [3.8, 4) is 6.07 Å². The van der Waals surface area contributed by atoms with E-state index in [-0.39, 0.29) is 11.4 Å². The van der Waals surface area contributed by atoms with Crippen LogP contribution in [-0.2, 0) is 0 Å². The van der Waals surface area contributed by atoms with Crippen LogP contribution in [0.1, 0.15) is 15.9 Å². The smallest absolute Gasteiger partial charge is 0.203 e. The van der Waals surface area contributed by atoms with Gasteiger partial charge in [0.1, 0.15) is 11.6 Å². The van der Waals surface area contributed by atoms with E-state index in [1.807, 2.05) is 42.7 Å². The highest BCUT2D eigenvalue weighted by molar-refractivity contribution is 7.98. The van der Waals surface area contributed by atoms with Crippen molar-refractivity contribution in [2.75, 3.05) is 6.26 Å². The number of nitriles is 1. The lowest BCUT2D eigenvalue weighted by molar-refractivity contribution is 0.104. The van der Waals surface area contributed by atoms with Crippen LogP contribution in [0.25, 0.3) is 6.08 Å². The van der Waals surface area contributed by atoms with Gasteiger partial charge in [-0.1, -0.05) is 42.5 Å². The van der Waals surface area contributed by atoms with Crippen molar-refractivity contribution in [3.05, 3.63) is 71.3 Å². The van der Waals surface area contributed by atoms with Gasteiger partial charge in [0, 0.05) is 10.5 Å². The van der Waals surface area contributed by atoms with Gasteiger partial charge >= 0.3 is 0 Å². The van der Waals surface area contributed by atoms with E-state index in [0.29, 0.717) is 5.56 Å². The first-order chi connectivity index (χ1) is 9.74. The Hall–Kier alpha value is -2.31. The molecule has 0 bridgehead atoms. The van der Waals surface area contributed by atoms with Crippen molar-refractivity contribution in [1.82, 2.24) is 0 Å². The summed E-state index contributed by atoms with van der Waals surface area (Å²) < 4.78 is 0. The third-order valence-corrected chi connectivity index (χ3v) is 3.57. The Labute approximate surface area is 122 Å². The van der Waals surface area contributed by atoms with Crippen LogP contribution in [0.15, 0.2) is 65.1 Å². The SMILES string of the molecule is CSc1ccc(/C=C(\C#N)C(=O)c2ccccc2)cc1. The minimum Gasteiger partial charge on any atom is -0.288 e. The van der Waals surface area contributed by atoms with Crippen LogP contribution in [-0.4, -0.2) is 12.0 Å². The van der Waals surface area contributed by atoms with Crippen LogP contribution >= 0.6 is 11.8 Å². The van der Waals surface area contributed by atoms with E-state index in [9.17, 15) is 10.1 Å². The molecule has 98 valence electrons. The molecule has 0 fully saturated rings. The first kappa shape index (κ1) is 14.1. The van der Waals surface area contributed by atoms with Crippen molar-refractivity contribution in [3.63, 3.8) is 0 Å². The molecule has 0 aromatic heterocycles. The van der Waals surface area contributed by atoms with Gasteiger partial charge in [-0.3, -0.25) is 4.79 Å². The first-order valence-electron chi connectivity index (χ1n) is 6.10.